The number of para-hydroxylation sites is 1. The van der Waals surface area contributed by atoms with E-state index in [0.717, 1.165) is 16.9 Å². The highest BCUT2D eigenvalue weighted by Gasteiger charge is 2.08. The Labute approximate surface area is 107 Å². The zero-order valence-corrected chi connectivity index (χ0v) is 10.7. The molecule has 0 saturated heterocycles. The maximum absolute atomic E-state index is 9.89. The van der Waals surface area contributed by atoms with Crippen molar-refractivity contribution in [2.75, 3.05) is 6.61 Å². The van der Waals surface area contributed by atoms with Crippen molar-refractivity contribution in [1.82, 2.24) is 9.55 Å². The number of nitrogens with zero attached hydrogens (tertiary/aromatic N) is 2. The summed E-state index contributed by atoms with van der Waals surface area (Å²) < 4.78 is 7.53. The lowest BCUT2D eigenvalue weighted by Crippen LogP contribution is -2.23. The van der Waals surface area contributed by atoms with Crippen LogP contribution in [0.5, 0.6) is 5.75 Å². The molecule has 4 heteroatoms. The first kappa shape index (κ1) is 12.6. The second-order valence-corrected chi connectivity index (χ2v) is 4.45. The highest BCUT2D eigenvalue weighted by atomic mass is 16.5. The summed E-state index contributed by atoms with van der Waals surface area (Å²) >= 11 is 0. The second kappa shape index (κ2) is 5.69. The molecule has 96 valence electrons. The number of rotatable bonds is 5. The Hall–Kier alpha value is -1.81. The molecule has 0 amide bonds. The summed E-state index contributed by atoms with van der Waals surface area (Å²) in [4.78, 5) is 3.93. The second-order valence-electron chi connectivity index (χ2n) is 4.45. The minimum Gasteiger partial charge on any atom is -0.490 e. The molecule has 4 nitrogen and oxygen atoms in total. The molecule has 2 aromatic rings. The summed E-state index contributed by atoms with van der Waals surface area (Å²) in [7, 11) is 0. The number of hydrogen-bond acceptors (Lipinski definition) is 3. The Morgan fingerprint density at radius 3 is 2.67 bits per heavy atom. The van der Waals surface area contributed by atoms with Crippen LogP contribution >= 0.6 is 0 Å². The van der Waals surface area contributed by atoms with Crippen LogP contribution in [0.3, 0.4) is 0 Å². The fourth-order valence-corrected chi connectivity index (χ4v) is 1.90. The van der Waals surface area contributed by atoms with Crippen molar-refractivity contribution < 1.29 is 9.84 Å². The van der Waals surface area contributed by atoms with Gasteiger partial charge in [-0.1, -0.05) is 18.2 Å². The van der Waals surface area contributed by atoms with E-state index < -0.39 is 6.10 Å². The van der Waals surface area contributed by atoms with Crippen molar-refractivity contribution >= 4 is 0 Å². The van der Waals surface area contributed by atoms with Crippen molar-refractivity contribution in [2.45, 2.75) is 26.5 Å². The largest absolute Gasteiger partial charge is 0.490 e. The van der Waals surface area contributed by atoms with E-state index in [2.05, 4.69) is 4.98 Å². The number of hydrogen-bond donors (Lipinski definition) is 1. The van der Waals surface area contributed by atoms with Gasteiger partial charge in [0.2, 0.25) is 0 Å². The third-order valence-electron chi connectivity index (χ3n) is 2.81. The van der Waals surface area contributed by atoms with Gasteiger partial charge in [0.05, 0.1) is 12.9 Å². The number of ether oxygens (including phenoxy) is 1. The number of benzene rings is 1. The van der Waals surface area contributed by atoms with Crippen LogP contribution in [-0.4, -0.2) is 27.4 Å². The van der Waals surface area contributed by atoms with E-state index in [-0.39, 0.29) is 6.61 Å². The summed E-state index contributed by atoms with van der Waals surface area (Å²) in [6.07, 6.45) is 4.65. The number of aliphatic hydroxyl groups is 1. The van der Waals surface area contributed by atoms with E-state index in [0.29, 0.717) is 6.54 Å². The molecule has 0 fully saturated rings. The molecular weight excluding hydrogens is 228 g/mol. The molecule has 18 heavy (non-hydrogen) atoms. The Kier molecular flexibility index (Phi) is 3.99. The third-order valence-corrected chi connectivity index (χ3v) is 2.81. The first-order valence-corrected chi connectivity index (χ1v) is 5.99. The summed E-state index contributed by atoms with van der Waals surface area (Å²) in [6.45, 7) is 4.78. The molecule has 1 aromatic heterocycles. The van der Waals surface area contributed by atoms with Gasteiger partial charge in [-0.25, -0.2) is 4.98 Å². The molecule has 0 aliphatic carbocycles. The molecule has 0 aliphatic heterocycles. The molecular formula is C14H18N2O2. The average molecular weight is 246 g/mol. The van der Waals surface area contributed by atoms with Gasteiger partial charge < -0.3 is 14.4 Å². The lowest BCUT2D eigenvalue weighted by Gasteiger charge is -2.15. The number of aromatic nitrogens is 2. The van der Waals surface area contributed by atoms with Crippen LogP contribution in [0, 0.1) is 13.8 Å². The third kappa shape index (κ3) is 3.11. The molecule has 1 heterocycles. The van der Waals surface area contributed by atoms with Crippen LogP contribution in [0.2, 0.25) is 0 Å². The molecule has 1 atom stereocenters. The summed E-state index contributed by atoms with van der Waals surface area (Å²) in [5.74, 6) is 0.863. The van der Waals surface area contributed by atoms with Crippen molar-refractivity contribution in [1.29, 1.82) is 0 Å². The van der Waals surface area contributed by atoms with Crippen LogP contribution in [0.4, 0.5) is 0 Å². The van der Waals surface area contributed by atoms with E-state index in [1.807, 2.05) is 42.8 Å². The predicted octanol–water partition coefficient (Wildman–Crippen LogP) is 1.94. The quantitative estimate of drug-likeness (QED) is 0.877. The van der Waals surface area contributed by atoms with Crippen molar-refractivity contribution in [2.24, 2.45) is 0 Å². The summed E-state index contributed by atoms with van der Waals surface area (Å²) in [5.41, 5.74) is 2.18. The molecule has 1 aromatic carbocycles. The van der Waals surface area contributed by atoms with Gasteiger partial charge in [0.25, 0.3) is 0 Å². The van der Waals surface area contributed by atoms with Gasteiger partial charge in [0, 0.05) is 12.4 Å². The topological polar surface area (TPSA) is 47.3 Å². The zero-order valence-electron chi connectivity index (χ0n) is 10.7. The molecule has 1 unspecified atom stereocenters. The van der Waals surface area contributed by atoms with Crippen LogP contribution in [0.1, 0.15) is 11.1 Å². The number of imidazole rings is 1. The lowest BCUT2D eigenvalue weighted by molar-refractivity contribution is 0.0918. The van der Waals surface area contributed by atoms with Crippen LogP contribution in [0.15, 0.2) is 36.9 Å². The van der Waals surface area contributed by atoms with Gasteiger partial charge in [-0.3, -0.25) is 0 Å². The standard InChI is InChI=1S/C14H18N2O2/c1-11-4-3-5-12(2)14(11)18-9-13(17)8-16-7-6-15-10-16/h3-7,10,13,17H,8-9H2,1-2H3. The fraction of sp³-hybridized carbons (Fsp3) is 0.357. The Morgan fingerprint density at radius 1 is 1.33 bits per heavy atom. The molecule has 0 aliphatic rings. The normalized spacial score (nSPS) is 12.4. The molecule has 0 bridgehead atoms. The highest BCUT2D eigenvalue weighted by Crippen LogP contribution is 2.22. The van der Waals surface area contributed by atoms with E-state index in [9.17, 15) is 5.11 Å². The van der Waals surface area contributed by atoms with Crippen LogP contribution in [0.25, 0.3) is 0 Å². The first-order valence-electron chi connectivity index (χ1n) is 5.99. The smallest absolute Gasteiger partial charge is 0.125 e. The Balaban J connectivity index is 1.91. The van der Waals surface area contributed by atoms with Crippen LogP contribution in [-0.2, 0) is 6.54 Å². The van der Waals surface area contributed by atoms with Gasteiger partial charge >= 0.3 is 0 Å². The van der Waals surface area contributed by atoms with Gasteiger partial charge in [0.15, 0.2) is 0 Å². The molecule has 2 rings (SSSR count). The van der Waals surface area contributed by atoms with Gasteiger partial charge in [-0.2, -0.15) is 0 Å². The summed E-state index contributed by atoms with van der Waals surface area (Å²) in [6, 6.07) is 6.01. The monoisotopic (exact) mass is 246 g/mol. The predicted molar refractivity (Wildman–Crippen MR) is 69.6 cm³/mol. The van der Waals surface area contributed by atoms with E-state index in [4.69, 9.17) is 4.74 Å². The maximum atomic E-state index is 9.89. The van der Waals surface area contributed by atoms with E-state index in [1.165, 1.54) is 0 Å². The first-order chi connectivity index (χ1) is 8.66. The molecule has 0 spiro atoms. The van der Waals surface area contributed by atoms with Crippen molar-refractivity contribution in [3.05, 3.63) is 48.0 Å². The molecule has 1 N–H and O–H groups in total. The SMILES string of the molecule is Cc1cccc(C)c1OCC(O)Cn1ccnc1. The van der Waals surface area contributed by atoms with Gasteiger partial charge in [0.1, 0.15) is 18.5 Å². The minimum atomic E-state index is -0.543. The van der Waals surface area contributed by atoms with Crippen molar-refractivity contribution in [3.8, 4) is 5.75 Å². The minimum absolute atomic E-state index is 0.282. The maximum Gasteiger partial charge on any atom is 0.125 e. The Bertz CT molecular complexity index is 474. The van der Waals surface area contributed by atoms with E-state index >= 15 is 0 Å². The highest BCUT2D eigenvalue weighted by molar-refractivity contribution is 5.39. The number of aliphatic hydroxyl groups excluding tert-OH is 1. The van der Waals surface area contributed by atoms with Crippen LogP contribution < -0.4 is 4.74 Å². The van der Waals surface area contributed by atoms with Gasteiger partial charge in [-0.05, 0) is 25.0 Å². The number of aryl methyl sites for hydroxylation is 2. The molecule has 0 radical (unpaired) electrons. The van der Waals surface area contributed by atoms with E-state index in [1.54, 1.807) is 12.5 Å². The summed E-state index contributed by atoms with van der Waals surface area (Å²) in [5, 5.41) is 9.89. The zero-order chi connectivity index (χ0) is 13.0. The van der Waals surface area contributed by atoms with Crippen molar-refractivity contribution in [3.63, 3.8) is 0 Å². The molecule has 0 saturated carbocycles. The average Bonchev–Trinajstić information content (AvgIpc) is 2.81. The van der Waals surface area contributed by atoms with Gasteiger partial charge in [-0.15, -0.1) is 0 Å². The fourth-order valence-electron chi connectivity index (χ4n) is 1.90. The lowest BCUT2D eigenvalue weighted by atomic mass is 10.1. The Morgan fingerprint density at radius 2 is 2.06 bits per heavy atom.